The number of pyridine rings is 1. The highest BCUT2D eigenvalue weighted by Gasteiger charge is 2.05. The fourth-order valence-corrected chi connectivity index (χ4v) is 1.51. The van der Waals surface area contributed by atoms with Crippen molar-refractivity contribution in [2.24, 2.45) is 0 Å². The van der Waals surface area contributed by atoms with Gasteiger partial charge in [0.25, 0.3) is 5.91 Å². The predicted octanol–water partition coefficient (Wildman–Crippen LogP) is 2.06. The molecule has 0 radical (unpaired) electrons. The normalized spacial score (nSPS) is 10.5. The van der Waals surface area contributed by atoms with E-state index in [0.717, 1.165) is 25.1 Å². The van der Waals surface area contributed by atoms with Crippen molar-refractivity contribution in [3.63, 3.8) is 0 Å². The average molecular weight is 265 g/mol. The molecule has 2 N–H and O–H groups in total. The van der Waals surface area contributed by atoms with Crippen LogP contribution >= 0.6 is 0 Å². The van der Waals surface area contributed by atoms with Crippen LogP contribution < -0.4 is 10.6 Å². The molecule has 1 amide bonds. The summed E-state index contributed by atoms with van der Waals surface area (Å²) in [6, 6.07) is 3.54. The van der Waals surface area contributed by atoms with Gasteiger partial charge in [-0.25, -0.2) is 4.98 Å². The van der Waals surface area contributed by atoms with E-state index in [1.165, 1.54) is 0 Å². The summed E-state index contributed by atoms with van der Waals surface area (Å²) in [6.07, 6.45) is 3.77. The van der Waals surface area contributed by atoms with Crippen LogP contribution in [0.1, 0.15) is 37.2 Å². The van der Waals surface area contributed by atoms with Crippen LogP contribution in [-0.4, -0.2) is 37.2 Å². The van der Waals surface area contributed by atoms with Gasteiger partial charge in [0.1, 0.15) is 5.69 Å². The lowest BCUT2D eigenvalue weighted by Crippen LogP contribution is -2.25. The summed E-state index contributed by atoms with van der Waals surface area (Å²) in [4.78, 5) is 15.8. The molecule has 0 saturated heterocycles. The van der Waals surface area contributed by atoms with Crippen molar-refractivity contribution in [1.29, 1.82) is 0 Å². The number of rotatable bonds is 8. The van der Waals surface area contributed by atoms with Crippen LogP contribution in [0.3, 0.4) is 0 Å². The summed E-state index contributed by atoms with van der Waals surface area (Å²) in [5.41, 5.74) is 1.33. The molecular formula is C14H23N3O2. The number of carbonyl (C=O) groups excluding carboxylic acids is 1. The molecule has 5 heteroatoms. The van der Waals surface area contributed by atoms with Crippen LogP contribution in [0.2, 0.25) is 0 Å². The summed E-state index contributed by atoms with van der Waals surface area (Å²) in [5.74, 6) is -0.132. The van der Waals surface area contributed by atoms with E-state index in [0.29, 0.717) is 12.2 Å². The molecule has 1 aromatic heterocycles. The minimum Gasteiger partial charge on any atom is -0.387 e. The van der Waals surface area contributed by atoms with Crippen molar-refractivity contribution >= 4 is 11.6 Å². The number of nitrogens with zero attached hydrogens (tertiary/aromatic N) is 1. The maximum absolute atomic E-state index is 11.8. The van der Waals surface area contributed by atoms with Crippen LogP contribution in [0.15, 0.2) is 18.3 Å². The second-order valence-electron chi connectivity index (χ2n) is 4.56. The maximum Gasteiger partial charge on any atom is 0.269 e. The van der Waals surface area contributed by atoms with E-state index in [1.807, 2.05) is 27.0 Å². The molecule has 0 spiro atoms. The van der Waals surface area contributed by atoms with E-state index in [2.05, 4.69) is 15.6 Å². The molecule has 0 unspecified atom stereocenters. The van der Waals surface area contributed by atoms with Gasteiger partial charge in [-0.1, -0.05) is 0 Å². The van der Waals surface area contributed by atoms with Gasteiger partial charge in [0.15, 0.2) is 0 Å². The maximum atomic E-state index is 11.8. The SMILES string of the molecule is CNc1ccc(C(=O)NCCCCOC(C)C)nc1. The first-order valence-corrected chi connectivity index (χ1v) is 6.67. The van der Waals surface area contributed by atoms with Crippen molar-refractivity contribution in [2.75, 3.05) is 25.5 Å². The summed E-state index contributed by atoms with van der Waals surface area (Å²) in [6.45, 7) is 5.42. The van der Waals surface area contributed by atoms with Crippen molar-refractivity contribution in [1.82, 2.24) is 10.3 Å². The fourth-order valence-electron chi connectivity index (χ4n) is 1.51. The zero-order valence-corrected chi connectivity index (χ0v) is 11.9. The molecule has 0 bridgehead atoms. The lowest BCUT2D eigenvalue weighted by atomic mass is 10.3. The molecule has 1 aromatic rings. The Morgan fingerprint density at radius 2 is 2.16 bits per heavy atom. The molecule has 19 heavy (non-hydrogen) atoms. The highest BCUT2D eigenvalue weighted by Crippen LogP contribution is 2.04. The number of hydrogen-bond donors (Lipinski definition) is 2. The molecule has 106 valence electrons. The van der Waals surface area contributed by atoms with Crippen molar-refractivity contribution in [2.45, 2.75) is 32.8 Å². The third-order valence-corrected chi connectivity index (χ3v) is 2.59. The van der Waals surface area contributed by atoms with E-state index in [-0.39, 0.29) is 12.0 Å². The minimum absolute atomic E-state index is 0.132. The van der Waals surface area contributed by atoms with Crippen molar-refractivity contribution < 1.29 is 9.53 Å². The lowest BCUT2D eigenvalue weighted by Gasteiger charge is -2.08. The van der Waals surface area contributed by atoms with Gasteiger partial charge in [-0.15, -0.1) is 0 Å². The van der Waals surface area contributed by atoms with Crippen LogP contribution in [0.4, 0.5) is 5.69 Å². The average Bonchev–Trinajstić information content (AvgIpc) is 2.42. The first-order chi connectivity index (χ1) is 9.13. The van der Waals surface area contributed by atoms with Crippen molar-refractivity contribution in [3.05, 3.63) is 24.0 Å². The fraction of sp³-hybridized carbons (Fsp3) is 0.571. The first-order valence-electron chi connectivity index (χ1n) is 6.67. The van der Waals surface area contributed by atoms with Crippen LogP contribution in [0.25, 0.3) is 0 Å². The molecule has 0 atom stereocenters. The van der Waals surface area contributed by atoms with E-state index in [9.17, 15) is 4.79 Å². The van der Waals surface area contributed by atoms with Gasteiger partial charge in [-0.3, -0.25) is 4.79 Å². The Bertz CT molecular complexity index is 377. The highest BCUT2D eigenvalue weighted by molar-refractivity contribution is 5.92. The Hall–Kier alpha value is -1.62. The van der Waals surface area contributed by atoms with Crippen LogP contribution in [0, 0.1) is 0 Å². The van der Waals surface area contributed by atoms with E-state index in [4.69, 9.17) is 4.74 Å². The van der Waals surface area contributed by atoms with Gasteiger partial charge in [0.2, 0.25) is 0 Å². The molecule has 0 saturated carbocycles. The lowest BCUT2D eigenvalue weighted by molar-refractivity contribution is 0.0754. The first kappa shape index (κ1) is 15.4. The minimum atomic E-state index is -0.132. The number of ether oxygens (including phenoxy) is 1. The summed E-state index contributed by atoms with van der Waals surface area (Å²) < 4.78 is 5.43. The summed E-state index contributed by atoms with van der Waals surface area (Å²) in [5, 5.41) is 5.81. The Morgan fingerprint density at radius 1 is 1.37 bits per heavy atom. The summed E-state index contributed by atoms with van der Waals surface area (Å²) in [7, 11) is 1.82. The molecule has 1 rings (SSSR count). The molecule has 5 nitrogen and oxygen atoms in total. The Labute approximate surface area is 114 Å². The molecular weight excluding hydrogens is 242 g/mol. The van der Waals surface area contributed by atoms with Gasteiger partial charge >= 0.3 is 0 Å². The quantitative estimate of drug-likeness (QED) is 0.706. The van der Waals surface area contributed by atoms with Crippen LogP contribution in [0.5, 0.6) is 0 Å². The van der Waals surface area contributed by atoms with E-state index >= 15 is 0 Å². The Morgan fingerprint density at radius 3 is 2.74 bits per heavy atom. The number of amides is 1. The molecule has 0 aliphatic heterocycles. The standard InChI is InChI=1S/C14H23N3O2/c1-11(2)19-9-5-4-8-16-14(18)13-7-6-12(15-3)10-17-13/h6-7,10-11,15H,4-5,8-9H2,1-3H3,(H,16,18). The number of hydrogen-bond acceptors (Lipinski definition) is 4. The Kier molecular flexibility index (Phi) is 6.89. The van der Waals surface area contributed by atoms with E-state index < -0.39 is 0 Å². The van der Waals surface area contributed by atoms with Crippen molar-refractivity contribution in [3.8, 4) is 0 Å². The van der Waals surface area contributed by atoms with Gasteiger partial charge in [0.05, 0.1) is 18.0 Å². The van der Waals surface area contributed by atoms with E-state index in [1.54, 1.807) is 12.3 Å². The van der Waals surface area contributed by atoms with Gasteiger partial charge in [-0.2, -0.15) is 0 Å². The number of carbonyl (C=O) groups is 1. The molecule has 0 aliphatic rings. The second kappa shape index (κ2) is 8.48. The molecule has 0 aromatic carbocycles. The monoisotopic (exact) mass is 265 g/mol. The number of nitrogens with one attached hydrogen (secondary N) is 2. The number of aromatic nitrogens is 1. The smallest absolute Gasteiger partial charge is 0.269 e. The third kappa shape index (κ3) is 6.20. The second-order valence-corrected chi connectivity index (χ2v) is 4.56. The predicted molar refractivity (Wildman–Crippen MR) is 76.4 cm³/mol. The van der Waals surface area contributed by atoms with Crippen LogP contribution in [-0.2, 0) is 4.74 Å². The largest absolute Gasteiger partial charge is 0.387 e. The van der Waals surface area contributed by atoms with Gasteiger partial charge in [0, 0.05) is 20.2 Å². The molecule has 0 aliphatic carbocycles. The number of unbranched alkanes of at least 4 members (excludes halogenated alkanes) is 1. The zero-order valence-electron chi connectivity index (χ0n) is 11.9. The van der Waals surface area contributed by atoms with Gasteiger partial charge < -0.3 is 15.4 Å². The van der Waals surface area contributed by atoms with Gasteiger partial charge in [-0.05, 0) is 38.8 Å². The third-order valence-electron chi connectivity index (χ3n) is 2.59. The topological polar surface area (TPSA) is 63.2 Å². The highest BCUT2D eigenvalue weighted by atomic mass is 16.5. The Balaban J connectivity index is 2.20. The molecule has 0 fully saturated rings. The zero-order chi connectivity index (χ0) is 14.1. The number of anilines is 1. The molecule has 1 heterocycles. The summed E-state index contributed by atoms with van der Waals surface area (Å²) >= 11 is 0.